The number of hydrogen-bond donors (Lipinski definition) is 3. The lowest BCUT2D eigenvalue weighted by atomic mass is 10.1. The van der Waals surface area contributed by atoms with E-state index in [0.29, 0.717) is 12.8 Å². The SMILES string of the molecule is Cc1cc(F)c(NC(=O)NCC2(C(=O)O)CC2)cc1F. The fourth-order valence-corrected chi connectivity index (χ4v) is 1.78. The van der Waals surface area contributed by atoms with Crippen molar-refractivity contribution in [2.45, 2.75) is 19.8 Å². The van der Waals surface area contributed by atoms with Crippen LogP contribution in [-0.4, -0.2) is 23.7 Å². The van der Waals surface area contributed by atoms with Crippen LogP contribution in [0.4, 0.5) is 19.3 Å². The summed E-state index contributed by atoms with van der Waals surface area (Å²) in [6.45, 7) is 1.37. The van der Waals surface area contributed by atoms with Crippen LogP contribution in [0.5, 0.6) is 0 Å². The molecule has 0 atom stereocenters. The number of carbonyl (C=O) groups excluding carboxylic acids is 1. The molecule has 0 saturated heterocycles. The van der Waals surface area contributed by atoms with Gasteiger partial charge in [-0.3, -0.25) is 4.79 Å². The summed E-state index contributed by atoms with van der Waals surface area (Å²) in [7, 11) is 0. The lowest BCUT2D eigenvalue weighted by Gasteiger charge is -2.12. The van der Waals surface area contributed by atoms with Crippen molar-refractivity contribution in [3.05, 3.63) is 29.3 Å². The first-order valence-corrected chi connectivity index (χ1v) is 6.08. The van der Waals surface area contributed by atoms with Gasteiger partial charge in [-0.05, 0) is 31.4 Å². The Bertz CT molecular complexity index is 571. The van der Waals surface area contributed by atoms with Crippen molar-refractivity contribution < 1.29 is 23.5 Å². The van der Waals surface area contributed by atoms with Crippen molar-refractivity contribution >= 4 is 17.7 Å². The number of carbonyl (C=O) groups is 2. The number of carboxylic acid groups (broad SMARTS) is 1. The number of urea groups is 1. The topological polar surface area (TPSA) is 78.4 Å². The smallest absolute Gasteiger partial charge is 0.319 e. The third-order valence-electron chi connectivity index (χ3n) is 3.39. The fraction of sp³-hybridized carbons (Fsp3) is 0.385. The predicted molar refractivity (Wildman–Crippen MR) is 67.4 cm³/mol. The molecule has 1 aliphatic carbocycles. The molecular weight excluding hydrogens is 270 g/mol. The molecule has 0 heterocycles. The van der Waals surface area contributed by atoms with Gasteiger partial charge in [0.15, 0.2) is 0 Å². The first kappa shape index (κ1) is 14.2. The largest absolute Gasteiger partial charge is 0.481 e. The standard InChI is InChI=1S/C13H14F2N2O3/c1-7-4-9(15)10(5-8(7)14)17-12(20)16-6-13(2-3-13)11(18)19/h4-5H,2-3,6H2,1H3,(H,18,19)(H2,16,17,20). The van der Waals surface area contributed by atoms with Crippen molar-refractivity contribution in [3.63, 3.8) is 0 Å². The molecule has 1 fully saturated rings. The number of carboxylic acids is 1. The molecule has 0 spiro atoms. The molecule has 1 saturated carbocycles. The first-order chi connectivity index (χ1) is 9.34. The summed E-state index contributed by atoms with van der Waals surface area (Å²) in [6.07, 6.45) is 0.992. The van der Waals surface area contributed by atoms with Gasteiger partial charge in [-0.25, -0.2) is 13.6 Å². The summed E-state index contributed by atoms with van der Waals surface area (Å²) in [5.74, 6) is -2.35. The summed E-state index contributed by atoms with van der Waals surface area (Å²) in [4.78, 5) is 22.5. The molecule has 20 heavy (non-hydrogen) atoms. The van der Waals surface area contributed by atoms with E-state index in [2.05, 4.69) is 10.6 Å². The maximum atomic E-state index is 13.5. The van der Waals surface area contributed by atoms with Gasteiger partial charge < -0.3 is 15.7 Å². The second kappa shape index (κ2) is 5.07. The van der Waals surface area contributed by atoms with Gasteiger partial charge in [-0.2, -0.15) is 0 Å². The third-order valence-corrected chi connectivity index (χ3v) is 3.39. The molecule has 0 aliphatic heterocycles. The van der Waals surface area contributed by atoms with E-state index < -0.39 is 29.0 Å². The number of aryl methyl sites for hydroxylation is 1. The molecule has 7 heteroatoms. The summed E-state index contributed by atoms with van der Waals surface area (Å²) >= 11 is 0. The Kier molecular flexibility index (Phi) is 3.61. The van der Waals surface area contributed by atoms with E-state index >= 15 is 0 Å². The van der Waals surface area contributed by atoms with Gasteiger partial charge in [0.2, 0.25) is 0 Å². The second-order valence-corrected chi connectivity index (χ2v) is 4.97. The average molecular weight is 284 g/mol. The zero-order valence-corrected chi connectivity index (χ0v) is 10.8. The molecule has 0 bridgehead atoms. The molecule has 108 valence electrons. The molecule has 2 amide bonds. The number of halogens is 2. The molecule has 0 aromatic heterocycles. The number of anilines is 1. The Morgan fingerprint density at radius 3 is 2.50 bits per heavy atom. The molecule has 0 radical (unpaired) electrons. The number of benzene rings is 1. The minimum absolute atomic E-state index is 0.0376. The maximum absolute atomic E-state index is 13.5. The number of aliphatic carboxylic acids is 1. The molecule has 0 unspecified atom stereocenters. The lowest BCUT2D eigenvalue weighted by Crippen LogP contribution is -2.37. The van der Waals surface area contributed by atoms with E-state index in [1.54, 1.807) is 0 Å². The zero-order valence-electron chi connectivity index (χ0n) is 10.8. The van der Waals surface area contributed by atoms with Gasteiger partial charge in [0.1, 0.15) is 11.6 Å². The van der Waals surface area contributed by atoms with E-state index in [9.17, 15) is 18.4 Å². The van der Waals surface area contributed by atoms with Crippen molar-refractivity contribution in [1.29, 1.82) is 0 Å². The van der Waals surface area contributed by atoms with Gasteiger partial charge in [0.25, 0.3) is 0 Å². The molecule has 5 nitrogen and oxygen atoms in total. The molecule has 2 rings (SSSR count). The van der Waals surface area contributed by atoms with Gasteiger partial charge in [-0.1, -0.05) is 0 Å². The van der Waals surface area contributed by atoms with Gasteiger partial charge in [0, 0.05) is 12.6 Å². The van der Waals surface area contributed by atoms with Crippen LogP contribution in [0.15, 0.2) is 12.1 Å². The number of nitrogens with one attached hydrogen (secondary N) is 2. The normalized spacial score (nSPS) is 15.6. The van der Waals surface area contributed by atoms with E-state index in [1.807, 2.05) is 0 Å². The van der Waals surface area contributed by atoms with Crippen molar-refractivity contribution in [3.8, 4) is 0 Å². The van der Waals surface area contributed by atoms with E-state index in [1.165, 1.54) is 6.92 Å². The van der Waals surface area contributed by atoms with Crippen LogP contribution in [0.2, 0.25) is 0 Å². The molecule has 1 aromatic carbocycles. The Hall–Kier alpha value is -2.18. The van der Waals surface area contributed by atoms with Gasteiger partial charge >= 0.3 is 12.0 Å². The number of amides is 2. The van der Waals surface area contributed by atoms with Crippen molar-refractivity contribution in [2.75, 3.05) is 11.9 Å². The molecule has 1 aromatic rings. The van der Waals surface area contributed by atoms with Crippen molar-refractivity contribution in [2.24, 2.45) is 5.41 Å². The van der Waals surface area contributed by atoms with Crippen LogP contribution in [0.25, 0.3) is 0 Å². The summed E-state index contributed by atoms with van der Waals surface area (Å²) in [5.41, 5.74) is -1.06. The Labute approximate surface area is 114 Å². The Balaban J connectivity index is 1.95. The minimum atomic E-state index is -0.967. The summed E-state index contributed by atoms with van der Waals surface area (Å²) in [5, 5.41) is 13.5. The van der Waals surface area contributed by atoms with Crippen LogP contribution in [0.1, 0.15) is 18.4 Å². The zero-order chi connectivity index (χ0) is 14.9. The molecule has 1 aliphatic rings. The monoisotopic (exact) mass is 284 g/mol. The van der Waals surface area contributed by atoms with Crippen LogP contribution in [-0.2, 0) is 4.79 Å². The van der Waals surface area contributed by atoms with Gasteiger partial charge in [0.05, 0.1) is 11.1 Å². The lowest BCUT2D eigenvalue weighted by molar-refractivity contribution is -0.143. The van der Waals surface area contributed by atoms with E-state index in [0.717, 1.165) is 12.1 Å². The summed E-state index contributed by atoms with van der Waals surface area (Å²) < 4.78 is 26.8. The maximum Gasteiger partial charge on any atom is 0.319 e. The third kappa shape index (κ3) is 2.87. The highest BCUT2D eigenvalue weighted by Crippen LogP contribution is 2.45. The highest BCUT2D eigenvalue weighted by molar-refractivity contribution is 5.90. The Morgan fingerprint density at radius 1 is 1.30 bits per heavy atom. The van der Waals surface area contributed by atoms with Crippen LogP contribution < -0.4 is 10.6 Å². The fourth-order valence-electron chi connectivity index (χ4n) is 1.78. The highest BCUT2D eigenvalue weighted by atomic mass is 19.1. The Morgan fingerprint density at radius 2 is 1.95 bits per heavy atom. The van der Waals surface area contributed by atoms with Crippen LogP contribution >= 0.6 is 0 Å². The predicted octanol–water partition coefficient (Wildman–Crippen LogP) is 2.26. The number of hydrogen-bond acceptors (Lipinski definition) is 2. The van der Waals surface area contributed by atoms with E-state index in [-0.39, 0.29) is 17.8 Å². The second-order valence-electron chi connectivity index (χ2n) is 4.97. The number of rotatable bonds is 4. The van der Waals surface area contributed by atoms with Crippen LogP contribution in [0.3, 0.4) is 0 Å². The quantitative estimate of drug-likeness (QED) is 0.793. The highest BCUT2D eigenvalue weighted by Gasteiger charge is 2.50. The minimum Gasteiger partial charge on any atom is -0.481 e. The van der Waals surface area contributed by atoms with Crippen molar-refractivity contribution in [1.82, 2.24) is 5.32 Å². The average Bonchev–Trinajstić information content (AvgIpc) is 3.15. The molecular formula is C13H14F2N2O3. The molecule has 3 N–H and O–H groups in total. The van der Waals surface area contributed by atoms with Crippen LogP contribution in [0, 0.1) is 24.0 Å². The summed E-state index contributed by atoms with van der Waals surface area (Å²) in [6, 6.07) is 1.10. The first-order valence-electron chi connectivity index (χ1n) is 6.08. The van der Waals surface area contributed by atoms with E-state index in [4.69, 9.17) is 5.11 Å². The van der Waals surface area contributed by atoms with Gasteiger partial charge in [-0.15, -0.1) is 0 Å².